The molecule has 1 amide bonds. The summed E-state index contributed by atoms with van der Waals surface area (Å²) in [5, 5.41) is 2.97. The van der Waals surface area contributed by atoms with Gasteiger partial charge in [0.15, 0.2) is 0 Å². The zero-order valence-corrected chi connectivity index (χ0v) is 16.0. The van der Waals surface area contributed by atoms with Gasteiger partial charge in [-0.2, -0.15) is 13.2 Å². The van der Waals surface area contributed by atoms with Gasteiger partial charge in [-0.15, -0.1) is 0 Å². The highest BCUT2D eigenvalue weighted by atomic mass is 19.4. The fourth-order valence-electron chi connectivity index (χ4n) is 3.44. The van der Waals surface area contributed by atoms with E-state index in [1.54, 1.807) is 0 Å². The lowest BCUT2D eigenvalue weighted by atomic mass is 10.0. The molecule has 1 fully saturated rings. The molecule has 2 unspecified atom stereocenters. The summed E-state index contributed by atoms with van der Waals surface area (Å²) in [7, 11) is 0. The van der Waals surface area contributed by atoms with Crippen LogP contribution in [0.25, 0.3) is 0 Å². The molecule has 2 atom stereocenters. The SMILES string of the molecule is CCCC(C)CC(=O)NCC(c1ccc(C(F)(F)F)cc1)N1CCOCC1. The van der Waals surface area contributed by atoms with Crippen LogP contribution in [0.15, 0.2) is 24.3 Å². The molecule has 1 saturated heterocycles. The summed E-state index contributed by atoms with van der Waals surface area (Å²) in [5.74, 6) is 0.309. The normalized spacial score (nSPS) is 18.1. The maximum atomic E-state index is 12.8. The highest BCUT2D eigenvalue weighted by molar-refractivity contribution is 5.76. The third kappa shape index (κ3) is 6.81. The van der Waals surface area contributed by atoms with E-state index in [0.717, 1.165) is 30.5 Å². The Hall–Kier alpha value is -1.60. The molecular formula is C20H29F3N2O2. The first-order valence-corrected chi connectivity index (χ1v) is 9.57. The molecule has 4 nitrogen and oxygen atoms in total. The predicted molar refractivity (Wildman–Crippen MR) is 98.3 cm³/mol. The van der Waals surface area contributed by atoms with Gasteiger partial charge < -0.3 is 10.1 Å². The van der Waals surface area contributed by atoms with Crippen LogP contribution in [0.2, 0.25) is 0 Å². The molecule has 1 aliphatic heterocycles. The van der Waals surface area contributed by atoms with Gasteiger partial charge in [-0.1, -0.05) is 38.8 Å². The Morgan fingerprint density at radius 2 is 1.85 bits per heavy atom. The monoisotopic (exact) mass is 386 g/mol. The number of hydrogen-bond donors (Lipinski definition) is 1. The molecule has 1 aliphatic rings. The summed E-state index contributed by atoms with van der Waals surface area (Å²) in [6.45, 7) is 7.06. The van der Waals surface area contributed by atoms with Crippen LogP contribution in [-0.2, 0) is 15.7 Å². The molecule has 1 aromatic carbocycles. The number of carbonyl (C=O) groups is 1. The Labute approximate surface area is 159 Å². The molecule has 0 aliphatic carbocycles. The number of nitrogens with zero attached hydrogens (tertiary/aromatic N) is 1. The molecule has 7 heteroatoms. The van der Waals surface area contributed by atoms with Crippen LogP contribution in [0, 0.1) is 5.92 Å². The molecule has 27 heavy (non-hydrogen) atoms. The second kappa shape index (κ2) is 10.1. The second-order valence-corrected chi connectivity index (χ2v) is 7.19. The van der Waals surface area contributed by atoms with Crippen molar-refractivity contribution in [1.82, 2.24) is 10.2 Å². The number of morpholine rings is 1. The molecule has 0 radical (unpaired) electrons. The van der Waals surface area contributed by atoms with Crippen LogP contribution in [0.3, 0.4) is 0 Å². The number of amides is 1. The number of halogens is 3. The number of benzene rings is 1. The van der Waals surface area contributed by atoms with E-state index in [9.17, 15) is 18.0 Å². The van der Waals surface area contributed by atoms with Crippen LogP contribution in [0.1, 0.15) is 50.3 Å². The van der Waals surface area contributed by atoms with Crippen molar-refractivity contribution in [2.75, 3.05) is 32.8 Å². The molecule has 2 rings (SSSR count). The number of alkyl halides is 3. The van der Waals surface area contributed by atoms with Crippen molar-refractivity contribution in [2.24, 2.45) is 5.92 Å². The number of ether oxygens (including phenoxy) is 1. The first-order valence-electron chi connectivity index (χ1n) is 9.57. The Morgan fingerprint density at radius 1 is 1.22 bits per heavy atom. The first-order chi connectivity index (χ1) is 12.8. The van der Waals surface area contributed by atoms with Crippen LogP contribution in [0.4, 0.5) is 13.2 Å². The Kier molecular flexibility index (Phi) is 8.10. The van der Waals surface area contributed by atoms with Crippen molar-refractivity contribution in [3.05, 3.63) is 35.4 Å². The summed E-state index contributed by atoms with van der Waals surface area (Å²) in [6.07, 6.45) is -1.84. The van der Waals surface area contributed by atoms with Gasteiger partial charge in [0.2, 0.25) is 5.91 Å². The summed E-state index contributed by atoms with van der Waals surface area (Å²) in [5.41, 5.74) is 0.108. The van der Waals surface area contributed by atoms with Crippen molar-refractivity contribution in [3.63, 3.8) is 0 Å². The van der Waals surface area contributed by atoms with E-state index in [0.29, 0.717) is 45.2 Å². The van der Waals surface area contributed by atoms with E-state index >= 15 is 0 Å². The van der Waals surface area contributed by atoms with Crippen LogP contribution >= 0.6 is 0 Å². The van der Waals surface area contributed by atoms with Gasteiger partial charge in [0.1, 0.15) is 0 Å². The summed E-state index contributed by atoms with van der Waals surface area (Å²) in [4.78, 5) is 14.4. The lowest BCUT2D eigenvalue weighted by molar-refractivity contribution is -0.137. The quantitative estimate of drug-likeness (QED) is 0.734. The first kappa shape index (κ1) is 21.7. The van der Waals surface area contributed by atoms with Crippen LogP contribution in [0.5, 0.6) is 0 Å². The highest BCUT2D eigenvalue weighted by Gasteiger charge is 2.31. The van der Waals surface area contributed by atoms with Gasteiger partial charge >= 0.3 is 6.18 Å². The molecular weight excluding hydrogens is 357 g/mol. The second-order valence-electron chi connectivity index (χ2n) is 7.19. The number of rotatable bonds is 8. The highest BCUT2D eigenvalue weighted by Crippen LogP contribution is 2.31. The minimum Gasteiger partial charge on any atom is -0.379 e. The van der Waals surface area contributed by atoms with Gasteiger partial charge in [0, 0.05) is 26.1 Å². The van der Waals surface area contributed by atoms with Gasteiger partial charge in [0.25, 0.3) is 0 Å². The van der Waals surface area contributed by atoms with Gasteiger partial charge in [0.05, 0.1) is 24.8 Å². The third-order valence-electron chi connectivity index (χ3n) is 4.92. The summed E-state index contributed by atoms with van der Waals surface area (Å²) < 4.78 is 43.9. The fourth-order valence-corrected chi connectivity index (χ4v) is 3.44. The predicted octanol–water partition coefficient (Wildman–Crippen LogP) is 4.02. The van der Waals surface area contributed by atoms with E-state index in [4.69, 9.17) is 4.74 Å². The van der Waals surface area contributed by atoms with Crippen molar-refractivity contribution in [2.45, 2.75) is 45.3 Å². The lowest BCUT2D eigenvalue weighted by Crippen LogP contribution is -2.44. The molecule has 1 aromatic rings. The van der Waals surface area contributed by atoms with Gasteiger partial charge in [-0.05, 0) is 23.6 Å². The van der Waals surface area contributed by atoms with Crippen molar-refractivity contribution < 1.29 is 22.7 Å². The average Bonchev–Trinajstić information content (AvgIpc) is 2.62. The largest absolute Gasteiger partial charge is 0.416 e. The van der Waals surface area contributed by atoms with Gasteiger partial charge in [-0.25, -0.2) is 0 Å². The average molecular weight is 386 g/mol. The van der Waals surface area contributed by atoms with E-state index < -0.39 is 11.7 Å². The minimum absolute atomic E-state index is 0.0129. The molecule has 0 saturated carbocycles. The Morgan fingerprint density at radius 3 is 2.41 bits per heavy atom. The Balaban J connectivity index is 2.06. The van der Waals surface area contributed by atoms with E-state index in [-0.39, 0.29) is 11.9 Å². The topological polar surface area (TPSA) is 41.6 Å². The molecule has 0 bridgehead atoms. The minimum atomic E-state index is -4.35. The van der Waals surface area contributed by atoms with Crippen molar-refractivity contribution >= 4 is 5.91 Å². The van der Waals surface area contributed by atoms with E-state index in [2.05, 4.69) is 24.1 Å². The summed E-state index contributed by atoms with van der Waals surface area (Å²) >= 11 is 0. The zero-order valence-electron chi connectivity index (χ0n) is 16.0. The lowest BCUT2D eigenvalue weighted by Gasteiger charge is -2.35. The smallest absolute Gasteiger partial charge is 0.379 e. The third-order valence-corrected chi connectivity index (χ3v) is 4.92. The van der Waals surface area contributed by atoms with Crippen molar-refractivity contribution in [3.8, 4) is 0 Å². The molecule has 1 N–H and O–H groups in total. The number of hydrogen-bond acceptors (Lipinski definition) is 3. The van der Waals surface area contributed by atoms with Gasteiger partial charge in [-0.3, -0.25) is 9.69 Å². The Bertz CT molecular complexity index is 584. The number of nitrogens with one attached hydrogen (secondary N) is 1. The maximum Gasteiger partial charge on any atom is 0.416 e. The van der Waals surface area contributed by atoms with Crippen LogP contribution < -0.4 is 5.32 Å². The molecule has 0 aromatic heterocycles. The van der Waals surface area contributed by atoms with E-state index in [1.165, 1.54) is 12.1 Å². The molecule has 1 heterocycles. The standard InChI is InChI=1S/C20H29F3N2O2/c1-3-4-15(2)13-19(26)24-14-18(25-9-11-27-12-10-25)16-5-7-17(8-6-16)20(21,22)23/h5-8,15,18H,3-4,9-14H2,1-2H3,(H,24,26). The summed E-state index contributed by atoms with van der Waals surface area (Å²) in [6, 6.07) is 5.06. The zero-order chi connectivity index (χ0) is 19.9. The maximum absolute atomic E-state index is 12.8. The molecule has 0 spiro atoms. The number of carbonyl (C=O) groups excluding carboxylic acids is 1. The molecule has 152 valence electrons. The van der Waals surface area contributed by atoms with Crippen LogP contribution in [-0.4, -0.2) is 43.7 Å². The van der Waals surface area contributed by atoms with Crippen molar-refractivity contribution in [1.29, 1.82) is 0 Å². The fraction of sp³-hybridized carbons (Fsp3) is 0.650. The van der Waals surface area contributed by atoms with E-state index in [1.807, 2.05) is 0 Å².